The highest BCUT2D eigenvalue weighted by molar-refractivity contribution is 5.93. The number of nitrogens with zero attached hydrogens (tertiary/aromatic N) is 3. The number of carbonyl (C=O) groups excluding carboxylic acids is 1. The third-order valence-electron chi connectivity index (χ3n) is 6.73. The molecule has 0 atom stereocenters. The normalized spacial score (nSPS) is 16.1. The lowest BCUT2D eigenvalue weighted by molar-refractivity contribution is -0.137. The Balaban J connectivity index is 1.32. The van der Waals surface area contributed by atoms with Gasteiger partial charge in [0.25, 0.3) is 11.5 Å². The summed E-state index contributed by atoms with van der Waals surface area (Å²) in [6.45, 7) is 5.89. The molecule has 0 bridgehead atoms. The number of amides is 1. The number of H-pyrrole nitrogens is 1. The molecule has 0 spiro atoms. The van der Waals surface area contributed by atoms with Gasteiger partial charge >= 0.3 is 6.18 Å². The Hall–Kier alpha value is -3.44. The molecule has 0 radical (unpaired) electrons. The average molecular weight is 518 g/mol. The van der Waals surface area contributed by atoms with Crippen LogP contribution in [0.25, 0.3) is 0 Å². The largest absolute Gasteiger partial charge is 0.416 e. The highest BCUT2D eigenvalue weighted by Crippen LogP contribution is 2.36. The monoisotopic (exact) mass is 517 g/mol. The number of likely N-dealkylation sites (tertiary alicyclic amines) is 1. The first-order valence-electron chi connectivity index (χ1n) is 12.1. The van der Waals surface area contributed by atoms with Crippen molar-refractivity contribution < 1.29 is 23.1 Å². The number of nitrogens with one attached hydrogen (secondary N) is 2. The third-order valence-corrected chi connectivity index (χ3v) is 6.73. The maximum Gasteiger partial charge on any atom is 0.416 e. The van der Waals surface area contributed by atoms with E-state index in [1.807, 2.05) is 24.8 Å². The number of pyridine rings is 1. The van der Waals surface area contributed by atoms with Gasteiger partial charge in [-0.2, -0.15) is 18.3 Å². The Morgan fingerprint density at radius 3 is 2.51 bits per heavy atom. The van der Waals surface area contributed by atoms with Crippen LogP contribution in [-0.2, 0) is 24.9 Å². The molecule has 198 valence electrons. The lowest BCUT2D eigenvalue weighted by Crippen LogP contribution is -2.42. The molecule has 11 heteroatoms. The zero-order chi connectivity index (χ0) is 26.8. The van der Waals surface area contributed by atoms with Gasteiger partial charge in [0.15, 0.2) is 0 Å². The smallest absolute Gasteiger partial charge is 0.385 e. The molecule has 4 rings (SSSR count). The van der Waals surface area contributed by atoms with Crippen LogP contribution in [0.3, 0.4) is 0 Å². The molecule has 0 saturated carbocycles. The topological polar surface area (TPSA) is 103 Å². The number of rotatable bonds is 7. The molecule has 0 unspecified atom stereocenters. The Labute approximate surface area is 212 Å². The van der Waals surface area contributed by atoms with Gasteiger partial charge in [0.2, 0.25) is 0 Å². The highest BCUT2D eigenvalue weighted by Gasteiger charge is 2.37. The van der Waals surface area contributed by atoms with E-state index in [9.17, 15) is 27.9 Å². The maximum absolute atomic E-state index is 13.1. The Morgan fingerprint density at radius 1 is 1.16 bits per heavy atom. The van der Waals surface area contributed by atoms with Gasteiger partial charge in [0.05, 0.1) is 23.4 Å². The molecule has 3 heterocycles. The van der Waals surface area contributed by atoms with Crippen LogP contribution < -0.4 is 10.9 Å². The van der Waals surface area contributed by atoms with E-state index in [2.05, 4.69) is 15.4 Å². The van der Waals surface area contributed by atoms with Crippen molar-refractivity contribution in [3.63, 3.8) is 0 Å². The molecular weight excluding hydrogens is 487 g/mol. The fourth-order valence-corrected chi connectivity index (χ4v) is 4.65. The minimum atomic E-state index is -4.47. The Bertz CT molecular complexity index is 1320. The zero-order valence-corrected chi connectivity index (χ0v) is 20.7. The second-order valence-electron chi connectivity index (χ2n) is 9.52. The van der Waals surface area contributed by atoms with E-state index in [0.29, 0.717) is 38.4 Å². The fourth-order valence-electron chi connectivity index (χ4n) is 4.65. The number of aryl methyl sites for hydroxylation is 2. The van der Waals surface area contributed by atoms with Crippen LogP contribution in [-0.4, -0.2) is 50.3 Å². The number of carbonyl (C=O) groups is 1. The van der Waals surface area contributed by atoms with Gasteiger partial charge in [-0.05, 0) is 62.6 Å². The van der Waals surface area contributed by atoms with Crippen molar-refractivity contribution >= 4 is 5.91 Å². The first-order valence-corrected chi connectivity index (χ1v) is 12.1. The molecular formula is C26H30F3N5O3. The SMILES string of the molecule is Cc1cc(C)n(CCNC(=O)c2ccc(CN3CCC(O)(c4cccc(C(F)(F)F)c4)CC3)[nH]c2=O)n1. The lowest BCUT2D eigenvalue weighted by Gasteiger charge is -2.38. The predicted molar refractivity (Wildman–Crippen MR) is 131 cm³/mol. The maximum atomic E-state index is 13.1. The summed E-state index contributed by atoms with van der Waals surface area (Å²) in [6, 6.07) is 9.92. The summed E-state index contributed by atoms with van der Waals surface area (Å²) in [6.07, 6.45) is -3.96. The number of aromatic nitrogens is 3. The summed E-state index contributed by atoms with van der Waals surface area (Å²) in [5, 5.41) is 18.1. The average Bonchev–Trinajstić information content (AvgIpc) is 3.17. The summed E-state index contributed by atoms with van der Waals surface area (Å²) < 4.78 is 41.0. The quantitative estimate of drug-likeness (QED) is 0.447. The van der Waals surface area contributed by atoms with Gasteiger partial charge in [0.1, 0.15) is 5.56 Å². The van der Waals surface area contributed by atoms with Crippen molar-refractivity contribution in [3.8, 4) is 0 Å². The molecule has 0 aliphatic carbocycles. The van der Waals surface area contributed by atoms with Crippen molar-refractivity contribution in [1.29, 1.82) is 0 Å². The van der Waals surface area contributed by atoms with E-state index in [-0.39, 0.29) is 24.0 Å². The summed E-state index contributed by atoms with van der Waals surface area (Å²) in [7, 11) is 0. The molecule has 3 N–H and O–H groups in total. The van der Waals surface area contributed by atoms with Gasteiger partial charge in [-0.25, -0.2) is 0 Å². The number of halogens is 3. The van der Waals surface area contributed by atoms with E-state index in [1.165, 1.54) is 18.2 Å². The second-order valence-corrected chi connectivity index (χ2v) is 9.52. The zero-order valence-electron chi connectivity index (χ0n) is 20.7. The first kappa shape index (κ1) is 26.6. The van der Waals surface area contributed by atoms with E-state index in [4.69, 9.17) is 0 Å². The van der Waals surface area contributed by atoms with Crippen LogP contribution in [0.2, 0.25) is 0 Å². The van der Waals surface area contributed by atoms with E-state index >= 15 is 0 Å². The predicted octanol–water partition coefficient (Wildman–Crippen LogP) is 3.12. The number of alkyl halides is 3. The lowest BCUT2D eigenvalue weighted by atomic mass is 9.83. The van der Waals surface area contributed by atoms with Crippen molar-refractivity contribution in [1.82, 2.24) is 25.0 Å². The number of benzene rings is 1. The summed E-state index contributed by atoms with van der Waals surface area (Å²) >= 11 is 0. The molecule has 1 aromatic carbocycles. The molecule has 1 aliphatic heterocycles. The molecule has 1 saturated heterocycles. The molecule has 1 fully saturated rings. The standard InChI is InChI=1S/C26H30F3N5O3/c1-17-14-18(2)34(32-17)13-10-30-23(35)22-7-6-21(31-24(22)36)16-33-11-8-25(37,9-12-33)19-4-3-5-20(15-19)26(27,28)29/h3-7,14-15,37H,8-13,16H2,1-2H3,(H,30,35)(H,31,36). The minimum Gasteiger partial charge on any atom is -0.385 e. The Morgan fingerprint density at radius 2 is 1.89 bits per heavy atom. The summed E-state index contributed by atoms with van der Waals surface area (Å²) in [5.41, 5.74) is 0.116. The van der Waals surface area contributed by atoms with E-state index in [0.717, 1.165) is 23.5 Å². The number of aromatic amines is 1. The second kappa shape index (κ2) is 10.5. The van der Waals surface area contributed by atoms with Crippen molar-refractivity contribution in [2.75, 3.05) is 19.6 Å². The van der Waals surface area contributed by atoms with Crippen LogP contribution in [0.1, 0.15) is 51.4 Å². The van der Waals surface area contributed by atoms with Crippen molar-refractivity contribution in [2.24, 2.45) is 0 Å². The van der Waals surface area contributed by atoms with Gasteiger partial charge in [-0.3, -0.25) is 19.2 Å². The molecule has 2 aromatic heterocycles. The van der Waals surface area contributed by atoms with Gasteiger partial charge < -0.3 is 15.4 Å². The molecule has 3 aromatic rings. The van der Waals surface area contributed by atoms with Crippen LogP contribution in [0, 0.1) is 13.8 Å². The van der Waals surface area contributed by atoms with E-state index in [1.54, 1.807) is 10.7 Å². The fraction of sp³-hybridized carbons (Fsp3) is 0.423. The van der Waals surface area contributed by atoms with Gasteiger partial charge in [-0.1, -0.05) is 12.1 Å². The third kappa shape index (κ3) is 6.28. The molecule has 37 heavy (non-hydrogen) atoms. The number of hydrogen-bond acceptors (Lipinski definition) is 5. The minimum absolute atomic E-state index is 0.00897. The summed E-state index contributed by atoms with van der Waals surface area (Å²) in [5.74, 6) is -0.474. The van der Waals surface area contributed by atoms with Crippen LogP contribution in [0.4, 0.5) is 13.2 Å². The summed E-state index contributed by atoms with van der Waals surface area (Å²) in [4.78, 5) is 29.7. The van der Waals surface area contributed by atoms with Crippen molar-refractivity contribution in [3.05, 3.63) is 86.6 Å². The van der Waals surface area contributed by atoms with E-state index < -0.39 is 28.8 Å². The Kier molecular flexibility index (Phi) is 7.56. The van der Waals surface area contributed by atoms with Crippen LogP contribution in [0.15, 0.2) is 47.3 Å². The van der Waals surface area contributed by atoms with Gasteiger partial charge in [0, 0.05) is 37.6 Å². The molecule has 1 aliphatic rings. The van der Waals surface area contributed by atoms with Gasteiger partial charge in [-0.15, -0.1) is 0 Å². The number of hydrogen-bond donors (Lipinski definition) is 3. The van der Waals surface area contributed by atoms with Crippen molar-refractivity contribution in [2.45, 2.75) is 51.6 Å². The molecule has 1 amide bonds. The van der Waals surface area contributed by atoms with Crippen LogP contribution in [0.5, 0.6) is 0 Å². The first-order chi connectivity index (χ1) is 17.4. The number of piperidine rings is 1. The highest BCUT2D eigenvalue weighted by atomic mass is 19.4. The van der Waals surface area contributed by atoms with Crippen LogP contribution >= 0.6 is 0 Å². The number of aliphatic hydroxyl groups is 1. The molecule has 8 nitrogen and oxygen atoms in total.